The van der Waals surface area contributed by atoms with Crippen LogP contribution in [0.2, 0.25) is 5.02 Å². The van der Waals surface area contributed by atoms with E-state index in [4.69, 9.17) is 11.6 Å². The molecule has 0 saturated heterocycles. The highest BCUT2D eigenvalue weighted by atomic mass is 35.5. The molecule has 0 bridgehead atoms. The van der Waals surface area contributed by atoms with Gasteiger partial charge in [0.15, 0.2) is 0 Å². The smallest absolute Gasteiger partial charge is 0.254 e. The van der Waals surface area contributed by atoms with E-state index in [9.17, 15) is 9.18 Å². The molecule has 33 heavy (non-hydrogen) atoms. The maximum absolute atomic E-state index is 14.3. The summed E-state index contributed by atoms with van der Waals surface area (Å²) in [5, 5.41) is 7.75. The number of imidazole rings is 2. The van der Waals surface area contributed by atoms with Gasteiger partial charge in [-0.1, -0.05) is 11.6 Å². The Kier molecular flexibility index (Phi) is 4.65. The quantitative estimate of drug-likeness (QED) is 0.415. The maximum Gasteiger partial charge on any atom is 0.254 e. The van der Waals surface area contributed by atoms with Crippen molar-refractivity contribution in [1.82, 2.24) is 33.9 Å². The Morgan fingerprint density at radius 1 is 1.21 bits per heavy atom. The molecule has 5 aromatic heterocycles. The van der Waals surface area contributed by atoms with Crippen molar-refractivity contribution in [3.8, 4) is 0 Å². The number of carbonyl (C=O) groups is 1. The number of fused-ring (bicyclic) bond motifs is 2. The van der Waals surface area contributed by atoms with Gasteiger partial charge in [-0.2, -0.15) is 5.10 Å². The zero-order valence-corrected chi connectivity index (χ0v) is 18.2. The van der Waals surface area contributed by atoms with Crippen molar-refractivity contribution in [2.75, 3.05) is 0 Å². The number of halogens is 2. The lowest BCUT2D eigenvalue weighted by molar-refractivity contribution is 0.0950. The molecule has 0 radical (unpaired) electrons. The van der Waals surface area contributed by atoms with Crippen LogP contribution in [0.4, 0.5) is 4.39 Å². The van der Waals surface area contributed by atoms with Gasteiger partial charge in [-0.3, -0.25) is 9.48 Å². The zero-order valence-electron chi connectivity index (χ0n) is 17.4. The number of nitrogens with one attached hydrogen (secondary N) is 1. The van der Waals surface area contributed by atoms with Gasteiger partial charge in [-0.05, 0) is 30.9 Å². The molecule has 1 fully saturated rings. The Balaban J connectivity index is 1.14. The molecule has 5 heterocycles. The largest absolute Gasteiger partial charge is 0.346 e. The van der Waals surface area contributed by atoms with Crippen molar-refractivity contribution in [1.29, 1.82) is 0 Å². The predicted octanol–water partition coefficient (Wildman–Crippen LogP) is 3.83. The van der Waals surface area contributed by atoms with Gasteiger partial charge in [0.25, 0.3) is 5.91 Å². The lowest BCUT2D eigenvalue weighted by Crippen LogP contribution is -2.22. The SMILES string of the molecule is O=C(NCc1ncn2ccc(Cl)cc12)c1cnn(Cc2cn3cc(C4CC4)c(F)cc3n2)c1. The molecule has 0 aromatic carbocycles. The number of nitrogens with zero attached hydrogens (tertiary/aromatic N) is 6. The molecule has 0 spiro atoms. The Bertz CT molecular complexity index is 1510. The first-order valence-corrected chi connectivity index (χ1v) is 11.0. The summed E-state index contributed by atoms with van der Waals surface area (Å²) in [5.41, 5.74) is 4.04. The summed E-state index contributed by atoms with van der Waals surface area (Å²) in [6, 6.07) is 5.06. The van der Waals surface area contributed by atoms with E-state index in [1.165, 1.54) is 12.3 Å². The average molecular weight is 464 g/mol. The Hall–Kier alpha value is -3.72. The number of carbonyl (C=O) groups excluding carboxylic acids is 1. The van der Waals surface area contributed by atoms with Gasteiger partial charge in [0.2, 0.25) is 0 Å². The maximum atomic E-state index is 14.3. The van der Waals surface area contributed by atoms with Gasteiger partial charge in [0.05, 0.1) is 48.1 Å². The zero-order chi connectivity index (χ0) is 22.5. The molecule has 0 atom stereocenters. The van der Waals surface area contributed by atoms with E-state index < -0.39 is 0 Å². The van der Waals surface area contributed by atoms with E-state index >= 15 is 0 Å². The highest BCUT2D eigenvalue weighted by Gasteiger charge is 2.27. The Morgan fingerprint density at radius 2 is 2.09 bits per heavy atom. The van der Waals surface area contributed by atoms with Crippen LogP contribution in [0.25, 0.3) is 11.2 Å². The fraction of sp³-hybridized carbons (Fsp3) is 0.217. The average Bonchev–Trinajstić information content (AvgIpc) is 3.21. The third-order valence-electron chi connectivity index (χ3n) is 5.85. The highest BCUT2D eigenvalue weighted by Crippen LogP contribution is 2.41. The van der Waals surface area contributed by atoms with Gasteiger partial charge < -0.3 is 14.1 Å². The van der Waals surface area contributed by atoms with E-state index in [1.54, 1.807) is 23.3 Å². The number of aromatic nitrogens is 6. The van der Waals surface area contributed by atoms with Crippen molar-refractivity contribution >= 4 is 28.7 Å². The van der Waals surface area contributed by atoms with Gasteiger partial charge in [0, 0.05) is 41.4 Å². The van der Waals surface area contributed by atoms with Crippen LogP contribution in [0.1, 0.15) is 46.1 Å². The summed E-state index contributed by atoms with van der Waals surface area (Å²) in [4.78, 5) is 21.4. The summed E-state index contributed by atoms with van der Waals surface area (Å²) in [5.74, 6) is -0.131. The molecule has 1 aliphatic rings. The second-order valence-electron chi connectivity index (χ2n) is 8.29. The number of amides is 1. The predicted molar refractivity (Wildman–Crippen MR) is 120 cm³/mol. The topological polar surface area (TPSA) is 81.5 Å². The van der Waals surface area contributed by atoms with E-state index in [0.29, 0.717) is 28.7 Å². The molecule has 6 rings (SSSR count). The van der Waals surface area contributed by atoms with Crippen molar-refractivity contribution in [2.24, 2.45) is 0 Å². The lowest BCUT2D eigenvalue weighted by atomic mass is 10.2. The number of pyridine rings is 2. The first kappa shape index (κ1) is 19.9. The summed E-state index contributed by atoms with van der Waals surface area (Å²) in [6.07, 6.45) is 12.4. The molecular formula is C23H19ClFN7O. The fourth-order valence-electron chi connectivity index (χ4n) is 4.00. The lowest BCUT2D eigenvalue weighted by Gasteiger charge is -2.02. The molecule has 8 nitrogen and oxygen atoms in total. The van der Waals surface area contributed by atoms with Crippen LogP contribution in [0.15, 0.2) is 55.5 Å². The minimum atomic E-state index is -0.254. The van der Waals surface area contributed by atoms with E-state index in [0.717, 1.165) is 35.3 Å². The number of hydrogen-bond donors (Lipinski definition) is 1. The van der Waals surface area contributed by atoms with E-state index in [2.05, 4.69) is 20.4 Å². The summed E-state index contributed by atoms with van der Waals surface area (Å²) < 4.78 is 19.6. The second kappa shape index (κ2) is 7.70. The Labute approximate surface area is 192 Å². The molecule has 0 unspecified atom stereocenters. The first-order valence-electron chi connectivity index (χ1n) is 10.6. The fourth-order valence-corrected chi connectivity index (χ4v) is 4.16. The van der Waals surface area contributed by atoms with Crippen LogP contribution in [-0.4, -0.2) is 34.5 Å². The van der Waals surface area contributed by atoms with Crippen molar-refractivity contribution in [2.45, 2.75) is 31.8 Å². The summed E-state index contributed by atoms with van der Waals surface area (Å²) in [6.45, 7) is 0.641. The van der Waals surface area contributed by atoms with Gasteiger partial charge in [0.1, 0.15) is 11.5 Å². The van der Waals surface area contributed by atoms with Crippen molar-refractivity contribution < 1.29 is 9.18 Å². The van der Waals surface area contributed by atoms with E-state index in [-0.39, 0.29) is 18.3 Å². The van der Waals surface area contributed by atoms with Crippen LogP contribution >= 0.6 is 11.6 Å². The molecular weight excluding hydrogens is 445 g/mol. The molecule has 1 N–H and O–H groups in total. The van der Waals surface area contributed by atoms with Gasteiger partial charge in [-0.15, -0.1) is 0 Å². The monoisotopic (exact) mass is 463 g/mol. The standard InChI is InChI=1S/C23H19ClFN7O/c24-16-3-4-30-13-27-20(21(30)5-16)8-26-23(33)15-7-28-32(9-15)11-17-10-31-12-18(14-1-2-14)19(25)6-22(31)29-17/h3-7,9-10,12-14H,1-2,8,11H2,(H,26,33). The Morgan fingerprint density at radius 3 is 2.94 bits per heavy atom. The van der Waals surface area contributed by atoms with E-state index in [1.807, 2.05) is 33.5 Å². The molecule has 166 valence electrons. The molecule has 1 amide bonds. The summed E-state index contributed by atoms with van der Waals surface area (Å²) >= 11 is 6.07. The van der Waals surface area contributed by atoms with Crippen LogP contribution in [0.3, 0.4) is 0 Å². The van der Waals surface area contributed by atoms with Crippen LogP contribution < -0.4 is 5.32 Å². The minimum absolute atomic E-state index is 0.201. The molecule has 1 aliphatic carbocycles. The minimum Gasteiger partial charge on any atom is -0.346 e. The molecule has 1 saturated carbocycles. The normalized spacial score (nSPS) is 13.8. The van der Waals surface area contributed by atoms with Gasteiger partial charge >= 0.3 is 0 Å². The number of rotatable bonds is 6. The van der Waals surface area contributed by atoms with Crippen LogP contribution in [0.5, 0.6) is 0 Å². The third kappa shape index (κ3) is 3.84. The third-order valence-corrected chi connectivity index (χ3v) is 6.09. The van der Waals surface area contributed by atoms with Crippen LogP contribution in [-0.2, 0) is 13.1 Å². The molecule has 10 heteroatoms. The van der Waals surface area contributed by atoms with Crippen molar-refractivity contribution in [3.05, 3.63) is 88.9 Å². The molecule has 5 aromatic rings. The number of hydrogen-bond acceptors (Lipinski definition) is 4. The first-order chi connectivity index (χ1) is 16.0. The van der Waals surface area contributed by atoms with Gasteiger partial charge in [-0.25, -0.2) is 14.4 Å². The summed E-state index contributed by atoms with van der Waals surface area (Å²) in [7, 11) is 0. The second-order valence-corrected chi connectivity index (χ2v) is 8.72. The molecule has 0 aliphatic heterocycles. The van der Waals surface area contributed by atoms with Crippen LogP contribution in [0, 0.1) is 5.82 Å². The van der Waals surface area contributed by atoms with Crippen molar-refractivity contribution in [3.63, 3.8) is 0 Å². The highest BCUT2D eigenvalue weighted by molar-refractivity contribution is 6.30.